The zero-order valence-electron chi connectivity index (χ0n) is 9.82. The highest BCUT2D eigenvalue weighted by Crippen LogP contribution is 2.12. The van der Waals surface area contributed by atoms with Gasteiger partial charge >= 0.3 is 0 Å². The second kappa shape index (κ2) is 5.99. The van der Waals surface area contributed by atoms with E-state index in [9.17, 15) is 8.42 Å². The minimum atomic E-state index is -3.56. The monoisotopic (exact) mass is 338 g/mol. The molecule has 1 aromatic carbocycles. The van der Waals surface area contributed by atoms with Crippen molar-refractivity contribution in [1.29, 1.82) is 0 Å². The van der Waals surface area contributed by atoms with Crippen molar-refractivity contribution in [1.82, 2.24) is 4.98 Å². The fourth-order valence-electron chi connectivity index (χ4n) is 1.38. The van der Waals surface area contributed by atoms with Gasteiger partial charge in [-0.1, -0.05) is 36.4 Å². The molecule has 0 spiro atoms. The van der Waals surface area contributed by atoms with Crippen LogP contribution >= 0.6 is 15.9 Å². The Kier molecular flexibility index (Phi) is 4.34. The van der Waals surface area contributed by atoms with Crippen molar-refractivity contribution >= 4 is 37.8 Å². The third-order valence-electron chi connectivity index (χ3n) is 2.20. The van der Waals surface area contributed by atoms with Crippen LogP contribution in [0.3, 0.4) is 0 Å². The maximum atomic E-state index is 11.8. The normalized spacial score (nSPS) is 11.6. The molecule has 0 radical (unpaired) electrons. The van der Waals surface area contributed by atoms with Crippen LogP contribution in [0.4, 0.5) is 5.82 Å². The molecule has 1 heterocycles. The molecule has 2 rings (SSSR count). The molecule has 0 aliphatic rings. The Hall–Kier alpha value is -1.66. The number of nitrogens with zero attached hydrogens (tertiary/aromatic N) is 1. The molecular formula is C13H11BrN2O2S. The Bertz CT molecular complexity index is 685. The van der Waals surface area contributed by atoms with Crippen LogP contribution < -0.4 is 4.72 Å². The van der Waals surface area contributed by atoms with Crippen molar-refractivity contribution in [3.05, 3.63) is 64.1 Å². The molecule has 0 fully saturated rings. The standard InChI is InChI=1S/C13H11BrN2O2S/c14-12-7-4-8-13(15-12)16-19(17,18)10-9-11-5-2-1-3-6-11/h1-10H,(H,15,16)/b10-9+. The average molecular weight is 339 g/mol. The molecule has 98 valence electrons. The van der Waals surface area contributed by atoms with Crippen LogP contribution in [0.25, 0.3) is 6.08 Å². The highest BCUT2D eigenvalue weighted by atomic mass is 79.9. The van der Waals surface area contributed by atoms with Gasteiger partial charge in [0, 0.05) is 0 Å². The average Bonchev–Trinajstić information content (AvgIpc) is 2.37. The Morgan fingerprint density at radius 1 is 1.05 bits per heavy atom. The highest BCUT2D eigenvalue weighted by molar-refractivity contribution is 9.10. The third-order valence-corrected chi connectivity index (χ3v) is 3.63. The molecule has 0 atom stereocenters. The highest BCUT2D eigenvalue weighted by Gasteiger charge is 2.06. The van der Waals surface area contributed by atoms with E-state index < -0.39 is 10.0 Å². The molecular weight excluding hydrogens is 328 g/mol. The lowest BCUT2D eigenvalue weighted by Crippen LogP contribution is -2.10. The summed E-state index contributed by atoms with van der Waals surface area (Å²) >= 11 is 3.18. The van der Waals surface area contributed by atoms with Crippen molar-refractivity contribution in [2.24, 2.45) is 0 Å². The van der Waals surface area contributed by atoms with Crippen LogP contribution in [0.5, 0.6) is 0 Å². The minimum absolute atomic E-state index is 0.270. The number of hydrogen-bond acceptors (Lipinski definition) is 3. The summed E-state index contributed by atoms with van der Waals surface area (Å²) in [5.74, 6) is 0.270. The number of pyridine rings is 1. The van der Waals surface area contributed by atoms with Gasteiger partial charge in [0.1, 0.15) is 10.4 Å². The summed E-state index contributed by atoms with van der Waals surface area (Å²) in [7, 11) is -3.56. The van der Waals surface area contributed by atoms with Gasteiger partial charge in [-0.2, -0.15) is 0 Å². The summed E-state index contributed by atoms with van der Waals surface area (Å²) in [5, 5.41) is 1.12. The SMILES string of the molecule is O=S(=O)(/C=C/c1ccccc1)Nc1cccc(Br)n1. The number of benzene rings is 1. The lowest BCUT2D eigenvalue weighted by atomic mass is 10.2. The number of sulfonamides is 1. The maximum absolute atomic E-state index is 11.8. The number of halogens is 1. The molecule has 0 aliphatic carbocycles. The topological polar surface area (TPSA) is 59.1 Å². The first-order chi connectivity index (χ1) is 9.05. The number of anilines is 1. The molecule has 0 amide bonds. The van der Waals surface area contributed by atoms with Gasteiger partial charge in [-0.15, -0.1) is 0 Å². The molecule has 0 unspecified atom stereocenters. The van der Waals surface area contributed by atoms with E-state index in [1.807, 2.05) is 30.3 Å². The van der Waals surface area contributed by atoms with Gasteiger partial charge in [-0.05, 0) is 39.7 Å². The Morgan fingerprint density at radius 2 is 1.79 bits per heavy atom. The number of aromatic nitrogens is 1. The summed E-state index contributed by atoms with van der Waals surface area (Å²) in [4.78, 5) is 4.01. The van der Waals surface area contributed by atoms with Crippen molar-refractivity contribution in [3.8, 4) is 0 Å². The molecule has 0 saturated carbocycles. The van der Waals surface area contributed by atoms with Gasteiger partial charge in [0.15, 0.2) is 0 Å². The minimum Gasteiger partial charge on any atom is -0.264 e. The Morgan fingerprint density at radius 3 is 2.47 bits per heavy atom. The molecule has 4 nitrogen and oxygen atoms in total. The number of hydrogen-bond donors (Lipinski definition) is 1. The second-order valence-corrected chi connectivity index (χ2v) is 6.08. The van der Waals surface area contributed by atoms with E-state index in [-0.39, 0.29) is 5.82 Å². The molecule has 2 aromatic rings. The zero-order valence-corrected chi connectivity index (χ0v) is 12.2. The van der Waals surface area contributed by atoms with Gasteiger partial charge in [0.25, 0.3) is 10.0 Å². The molecule has 6 heteroatoms. The summed E-state index contributed by atoms with van der Waals surface area (Å²) in [5.41, 5.74) is 0.815. The smallest absolute Gasteiger partial charge is 0.256 e. The Balaban J connectivity index is 2.13. The zero-order chi connectivity index (χ0) is 13.7. The van der Waals surface area contributed by atoms with Crippen LogP contribution in [0.2, 0.25) is 0 Å². The fourth-order valence-corrected chi connectivity index (χ4v) is 2.53. The first-order valence-electron chi connectivity index (χ1n) is 5.44. The molecule has 1 aromatic heterocycles. The number of rotatable bonds is 4. The largest absolute Gasteiger partial charge is 0.264 e. The van der Waals surface area contributed by atoms with E-state index in [1.165, 1.54) is 6.08 Å². The number of nitrogens with one attached hydrogen (secondary N) is 1. The van der Waals surface area contributed by atoms with Crippen LogP contribution in [0.1, 0.15) is 5.56 Å². The third kappa shape index (κ3) is 4.50. The van der Waals surface area contributed by atoms with Crippen LogP contribution in [0, 0.1) is 0 Å². The van der Waals surface area contributed by atoms with Gasteiger partial charge in [-0.25, -0.2) is 13.4 Å². The molecule has 0 bridgehead atoms. The summed E-state index contributed by atoms with van der Waals surface area (Å²) in [6.07, 6.45) is 1.53. The van der Waals surface area contributed by atoms with Gasteiger partial charge in [0.2, 0.25) is 0 Å². The molecule has 0 saturated heterocycles. The van der Waals surface area contributed by atoms with Crippen LogP contribution in [-0.4, -0.2) is 13.4 Å². The predicted molar refractivity (Wildman–Crippen MR) is 80.0 cm³/mol. The van der Waals surface area contributed by atoms with E-state index in [0.717, 1.165) is 11.0 Å². The molecule has 0 aliphatic heterocycles. The van der Waals surface area contributed by atoms with Crippen molar-refractivity contribution in [2.75, 3.05) is 4.72 Å². The van der Waals surface area contributed by atoms with E-state index in [2.05, 4.69) is 25.6 Å². The van der Waals surface area contributed by atoms with Gasteiger partial charge in [-0.3, -0.25) is 4.72 Å². The van der Waals surface area contributed by atoms with Crippen LogP contribution in [-0.2, 0) is 10.0 Å². The lowest BCUT2D eigenvalue weighted by Gasteiger charge is -2.03. The predicted octanol–water partition coefficient (Wildman–Crippen LogP) is 3.26. The van der Waals surface area contributed by atoms with Gasteiger partial charge in [0.05, 0.1) is 5.41 Å². The van der Waals surface area contributed by atoms with Crippen molar-refractivity contribution in [3.63, 3.8) is 0 Å². The van der Waals surface area contributed by atoms with Gasteiger partial charge < -0.3 is 0 Å². The summed E-state index contributed by atoms with van der Waals surface area (Å²) in [6.45, 7) is 0. The first kappa shape index (κ1) is 13.8. The van der Waals surface area contributed by atoms with E-state index in [4.69, 9.17) is 0 Å². The van der Waals surface area contributed by atoms with E-state index in [0.29, 0.717) is 4.60 Å². The van der Waals surface area contributed by atoms with Crippen molar-refractivity contribution in [2.45, 2.75) is 0 Å². The Labute approximate surface area is 120 Å². The molecule has 19 heavy (non-hydrogen) atoms. The first-order valence-corrected chi connectivity index (χ1v) is 7.78. The second-order valence-electron chi connectivity index (χ2n) is 3.71. The summed E-state index contributed by atoms with van der Waals surface area (Å²) in [6, 6.07) is 14.2. The van der Waals surface area contributed by atoms with E-state index >= 15 is 0 Å². The molecule has 1 N–H and O–H groups in total. The van der Waals surface area contributed by atoms with Crippen LogP contribution in [0.15, 0.2) is 58.5 Å². The quantitative estimate of drug-likeness (QED) is 0.870. The summed E-state index contributed by atoms with van der Waals surface area (Å²) < 4.78 is 26.6. The lowest BCUT2D eigenvalue weighted by molar-refractivity contribution is 0.609. The maximum Gasteiger partial charge on any atom is 0.256 e. The fraction of sp³-hybridized carbons (Fsp3) is 0. The van der Waals surface area contributed by atoms with E-state index in [1.54, 1.807) is 18.2 Å². The van der Waals surface area contributed by atoms with Crippen molar-refractivity contribution < 1.29 is 8.42 Å².